The standard InChI is InChI=1S/C36H46ClN3O3S/c1-10-39(11-2)21-27-17-28(13-15-34(27)41)40(33-20-35(37)38-32-16-25(9)12-14-29(32)33)44(42,43)36-30(23(5)6)18-26(22(3)4)19-31(36)24(7)8/h12-20,22-24,41H,10-11,21H2,1-9H3. The molecule has 0 spiro atoms. The van der Waals surface area contributed by atoms with Crippen LogP contribution in [0.4, 0.5) is 11.4 Å². The van der Waals surface area contributed by atoms with Gasteiger partial charge in [-0.25, -0.2) is 17.7 Å². The van der Waals surface area contributed by atoms with Crippen molar-refractivity contribution < 1.29 is 13.5 Å². The highest BCUT2D eigenvalue weighted by molar-refractivity contribution is 7.93. The molecule has 0 fully saturated rings. The maximum Gasteiger partial charge on any atom is 0.269 e. The van der Waals surface area contributed by atoms with E-state index in [-0.39, 0.29) is 28.7 Å². The lowest BCUT2D eigenvalue weighted by molar-refractivity contribution is 0.291. The van der Waals surface area contributed by atoms with Gasteiger partial charge in [0, 0.05) is 23.6 Å². The van der Waals surface area contributed by atoms with Gasteiger partial charge in [0.05, 0.1) is 21.8 Å². The maximum atomic E-state index is 15.4. The van der Waals surface area contributed by atoms with Crippen molar-refractivity contribution in [2.45, 2.75) is 91.5 Å². The summed E-state index contributed by atoms with van der Waals surface area (Å²) in [4.78, 5) is 7.04. The molecule has 3 aromatic carbocycles. The largest absolute Gasteiger partial charge is 0.508 e. The number of nitrogens with zero attached hydrogens (tertiary/aromatic N) is 3. The first kappa shape index (κ1) is 33.8. The van der Waals surface area contributed by atoms with E-state index in [1.54, 1.807) is 24.3 Å². The summed E-state index contributed by atoms with van der Waals surface area (Å²) in [5.41, 5.74) is 5.77. The minimum atomic E-state index is -4.24. The molecule has 1 aromatic heterocycles. The molecule has 0 aliphatic heterocycles. The fourth-order valence-electron chi connectivity index (χ4n) is 5.66. The summed E-state index contributed by atoms with van der Waals surface area (Å²) in [6.45, 7) is 20.6. The van der Waals surface area contributed by atoms with Crippen LogP contribution in [0.3, 0.4) is 0 Å². The van der Waals surface area contributed by atoms with Gasteiger partial charge in [-0.2, -0.15) is 0 Å². The third-order valence-corrected chi connectivity index (χ3v) is 10.4. The van der Waals surface area contributed by atoms with Gasteiger partial charge >= 0.3 is 0 Å². The molecule has 4 aromatic rings. The third-order valence-electron chi connectivity index (χ3n) is 8.29. The molecule has 0 aliphatic rings. The van der Waals surface area contributed by atoms with Crippen LogP contribution < -0.4 is 4.31 Å². The molecular formula is C36H46ClN3O3S. The van der Waals surface area contributed by atoms with E-state index in [1.807, 2.05) is 52.8 Å². The molecule has 4 rings (SSSR count). The second-order valence-electron chi connectivity index (χ2n) is 12.5. The van der Waals surface area contributed by atoms with Crippen LogP contribution in [-0.4, -0.2) is 36.5 Å². The van der Waals surface area contributed by atoms with E-state index in [0.717, 1.165) is 35.3 Å². The second kappa shape index (κ2) is 13.5. The summed E-state index contributed by atoms with van der Waals surface area (Å²) in [5, 5.41) is 11.7. The second-order valence-corrected chi connectivity index (χ2v) is 14.6. The van der Waals surface area contributed by atoms with E-state index in [4.69, 9.17) is 11.6 Å². The molecular weight excluding hydrogens is 590 g/mol. The number of sulfonamides is 1. The van der Waals surface area contributed by atoms with Crippen LogP contribution in [0, 0.1) is 6.92 Å². The Balaban J connectivity index is 2.14. The summed E-state index contributed by atoms with van der Waals surface area (Å²) < 4.78 is 32.2. The fraction of sp³-hybridized carbons (Fsp3) is 0.417. The van der Waals surface area contributed by atoms with Crippen LogP contribution in [0.15, 0.2) is 59.5 Å². The molecule has 1 heterocycles. The number of fused-ring (bicyclic) bond motifs is 1. The Kier molecular flexibility index (Phi) is 10.3. The number of aryl methyl sites for hydroxylation is 1. The van der Waals surface area contributed by atoms with Gasteiger partial charge in [0.1, 0.15) is 10.9 Å². The zero-order valence-electron chi connectivity index (χ0n) is 27.4. The number of aromatic hydroxyl groups is 1. The number of hydrogen-bond donors (Lipinski definition) is 1. The number of rotatable bonds is 11. The highest BCUT2D eigenvalue weighted by Gasteiger charge is 2.35. The van der Waals surface area contributed by atoms with E-state index in [9.17, 15) is 5.11 Å². The summed E-state index contributed by atoms with van der Waals surface area (Å²) in [5.74, 6) is 0.273. The van der Waals surface area contributed by atoms with Crippen molar-refractivity contribution in [2.75, 3.05) is 17.4 Å². The van der Waals surface area contributed by atoms with Gasteiger partial charge in [-0.05, 0) is 84.3 Å². The Bertz CT molecular complexity index is 1730. The predicted molar refractivity (Wildman–Crippen MR) is 184 cm³/mol. The van der Waals surface area contributed by atoms with E-state index in [0.29, 0.717) is 39.3 Å². The van der Waals surface area contributed by atoms with Crippen molar-refractivity contribution in [2.24, 2.45) is 0 Å². The first-order valence-corrected chi connectivity index (χ1v) is 17.3. The highest BCUT2D eigenvalue weighted by atomic mass is 35.5. The van der Waals surface area contributed by atoms with Crippen LogP contribution in [-0.2, 0) is 16.6 Å². The molecule has 0 atom stereocenters. The zero-order valence-corrected chi connectivity index (χ0v) is 29.0. The Morgan fingerprint density at radius 2 is 1.45 bits per heavy atom. The minimum absolute atomic E-state index is 0.0451. The molecule has 0 unspecified atom stereocenters. The molecule has 236 valence electrons. The van der Waals surface area contributed by atoms with Crippen molar-refractivity contribution in [1.82, 2.24) is 9.88 Å². The number of hydrogen-bond acceptors (Lipinski definition) is 5. The normalized spacial score (nSPS) is 12.3. The van der Waals surface area contributed by atoms with Gasteiger partial charge in [0.2, 0.25) is 0 Å². The Labute approximate surface area is 268 Å². The monoisotopic (exact) mass is 635 g/mol. The third kappa shape index (κ3) is 6.75. The van der Waals surface area contributed by atoms with Crippen molar-refractivity contribution in [3.8, 4) is 5.75 Å². The van der Waals surface area contributed by atoms with E-state index >= 15 is 8.42 Å². The average Bonchev–Trinajstić information content (AvgIpc) is 2.95. The molecule has 0 radical (unpaired) electrons. The van der Waals surface area contributed by atoms with Crippen LogP contribution in [0.1, 0.15) is 101 Å². The quantitative estimate of drug-likeness (QED) is 0.166. The van der Waals surface area contributed by atoms with Crippen LogP contribution in [0.25, 0.3) is 10.9 Å². The number of pyridine rings is 1. The number of benzene rings is 3. The molecule has 0 amide bonds. The Hall–Kier alpha value is -3.13. The molecule has 0 bridgehead atoms. The van der Waals surface area contributed by atoms with Crippen molar-refractivity contribution in [3.05, 3.63) is 87.6 Å². The van der Waals surface area contributed by atoms with Gasteiger partial charge in [0.25, 0.3) is 10.0 Å². The minimum Gasteiger partial charge on any atom is -0.508 e. The number of aromatic nitrogens is 1. The summed E-state index contributed by atoms with van der Waals surface area (Å²) in [6.07, 6.45) is 0. The molecule has 0 saturated carbocycles. The maximum absolute atomic E-state index is 15.4. The van der Waals surface area contributed by atoms with Gasteiger partial charge in [-0.1, -0.05) is 91.3 Å². The molecule has 6 nitrogen and oxygen atoms in total. The molecule has 0 saturated heterocycles. The van der Waals surface area contributed by atoms with Crippen LogP contribution >= 0.6 is 11.6 Å². The molecule has 0 aliphatic carbocycles. The van der Waals surface area contributed by atoms with Gasteiger partial charge < -0.3 is 5.11 Å². The van der Waals surface area contributed by atoms with Crippen molar-refractivity contribution in [1.29, 1.82) is 0 Å². The molecule has 1 N–H and O–H groups in total. The Morgan fingerprint density at radius 1 is 0.841 bits per heavy atom. The van der Waals surface area contributed by atoms with Crippen molar-refractivity contribution >= 4 is 43.9 Å². The predicted octanol–water partition coefficient (Wildman–Crippen LogP) is 9.64. The lowest BCUT2D eigenvalue weighted by atomic mass is 9.89. The zero-order chi connectivity index (χ0) is 32.5. The van der Waals surface area contributed by atoms with Gasteiger partial charge in [0.15, 0.2) is 0 Å². The molecule has 8 heteroatoms. The number of phenols is 1. The smallest absolute Gasteiger partial charge is 0.269 e. The first-order valence-electron chi connectivity index (χ1n) is 15.5. The highest BCUT2D eigenvalue weighted by Crippen LogP contribution is 2.44. The lowest BCUT2D eigenvalue weighted by Crippen LogP contribution is -2.29. The SMILES string of the molecule is CCN(CC)Cc1cc(N(c2cc(Cl)nc3cc(C)ccc23)S(=O)(=O)c2c(C(C)C)cc(C(C)C)cc2C(C)C)ccc1O. The van der Waals surface area contributed by atoms with Gasteiger partial charge in [-0.15, -0.1) is 0 Å². The van der Waals surface area contributed by atoms with E-state index in [2.05, 4.69) is 49.7 Å². The summed E-state index contributed by atoms with van der Waals surface area (Å²) in [6, 6.07) is 16.5. The number of halogens is 1. The van der Waals surface area contributed by atoms with E-state index in [1.165, 1.54) is 4.31 Å². The lowest BCUT2D eigenvalue weighted by Gasteiger charge is -2.31. The number of phenolic OH excluding ortho intramolecular Hbond substituents is 1. The first-order chi connectivity index (χ1) is 20.7. The van der Waals surface area contributed by atoms with Crippen molar-refractivity contribution in [3.63, 3.8) is 0 Å². The number of anilines is 2. The summed E-state index contributed by atoms with van der Waals surface area (Å²) >= 11 is 6.61. The average molecular weight is 636 g/mol. The topological polar surface area (TPSA) is 73.7 Å². The molecule has 44 heavy (non-hydrogen) atoms. The van der Waals surface area contributed by atoms with Gasteiger partial charge in [-0.3, -0.25) is 4.90 Å². The van der Waals surface area contributed by atoms with Crippen LogP contribution in [0.5, 0.6) is 5.75 Å². The Morgan fingerprint density at radius 3 is 2.00 bits per heavy atom. The van der Waals surface area contributed by atoms with E-state index < -0.39 is 10.0 Å². The summed E-state index contributed by atoms with van der Waals surface area (Å²) in [7, 11) is -4.24. The fourth-order valence-corrected chi connectivity index (χ4v) is 8.02. The van der Waals surface area contributed by atoms with Crippen LogP contribution in [0.2, 0.25) is 5.15 Å².